The van der Waals surface area contributed by atoms with Crippen molar-refractivity contribution in [3.63, 3.8) is 0 Å². The number of nitrogens with zero attached hydrogens (tertiary/aromatic N) is 1. The van der Waals surface area contributed by atoms with Crippen molar-refractivity contribution in [3.05, 3.63) is 136 Å². The van der Waals surface area contributed by atoms with Gasteiger partial charge in [-0.1, -0.05) is 90.5 Å². The van der Waals surface area contributed by atoms with Gasteiger partial charge in [-0.15, -0.1) is 0 Å². The Hall–Kier alpha value is -4.48. The summed E-state index contributed by atoms with van der Waals surface area (Å²) in [6.07, 6.45) is 3.81. The molecular formula is C34H24ClNO4. The third kappa shape index (κ3) is 3.24. The molecule has 0 amide bonds. The van der Waals surface area contributed by atoms with E-state index in [9.17, 15) is 14.4 Å². The minimum absolute atomic E-state index is 0.156. The number of fused-ring (bicyclic) bond motifs is 5. The van der Waals surface area contributed by atoms with E-state index in [2.05, 4.69) is 0 Å². The van der Waals surface area contributed by atoms with E-state index in [1.165, 1.54) is 0 Å². The van der Waals surface area contributed by atoms with Crippen molar-refractivity contribution in [2.45, 2.75) is 18.0 Å². The maximum absolute atomic E-state index is 14.6. The second-order valence-electron chi connectivity index (χ2n) is 10.4. The predicted molar refractivity (Wildman–Crippen MR) is 155 cm³/mol. The molecule has 0 saturated carbocycles. The van der Waals surface area contributed by atoms with Crippen LogP contribution in [0.2, 0.25) is 5.02 Å². The zero-order valence-electron chi connectivity index (χ0n) is 21.6. The van der Waals surface area contributed by atoms with E-state index in [0.717, 1.165) is 16.8 Å². The van der Waals surface area contributed by atoms with Crippen LogP contribution in [-0.4, -0.2) is 36.5 Å². The normalized spacial score (nSPS) is 21.8. The number of anilines is 1. The van der Waals surface area contributed by atoms with Crippen LogP contribution in [-0.2, 0) is 0 Å². The largest absolute Gasteiger partial charge is 0.497 e. The number of carbonyl (C=O) groups excluding carboxylic acids is 3. The van der Waals surface area contributed by atoms with Gasteiger partial charge in [-0.05, 0) is 41.5 Å². The van der Waals surface area contributed by atoms with Crippen LogP contribution in [0.1, 0.15) is 48.1 Å². The second-order valence-corrected chi connectivity index (χ2v) is 10.8. The highest BCUT2D eigenvalue weighted by molar-refractivity contribution is 6.32. The number of carbonyl (C=O) groups is 3. The number of halogens is 1. The lowest BCUT2D eigenvalue weighted by molar-refractivity contribution is 0.0666. The Labute approximate surface area is 236 Å². The van der Waals surface area contributed by atoms with Crippen molar-refractivity contribution in [3.8, 4) is 5.75 Å². The SMILES string of the molecule is COc1ccc([C@H]2[C@H](C(=O)c3ccccc3)N3c4ccc(Cl)cc4C=CC3C23C(=O)c2ccccc2C3=O)cc1. The average Bonchev–Trinajstić information content (AvgIpc) is 3.43. The van der Waals surface area contributed by atoms with Crippen LogP contribution in [0.15, 0.2) is 103 Å². The summed E-state index contributed by atoms with van der Waals surface area (Å²) < 4.78 is 5.40. The Morgan fingerprint density at radius 3 is 2.15 bits per heavy atom. The van der Waals surface area contributed by atoms with Gasteiger partial charge >= 0.3 is 0 Å². The lowest BCUT2D eigenvalue weighted by Gasteiger charge is -2.37. The summed E-state index contributed by atoms with van der Waals surface area (Å²) >= 11 is 6.36. The number of hydrogen-bond acceptors (Lipinski definition) is 5. The topological polar surface area (TPSA) is 63.7 Å². The maximum atomic E-state index is 14.6. The van der Waals surface area contributed by atoms with Crippen molar-refractivity contribution in [1.82, 2.24) is 0 Å². The zero-order chi connectivity index (χ0) is 27.6. The molecule has 0 radical (unpaired) electrons. The first-order valence-corrected chi connectivity index (χ1v) is 13.5. The molecule has 0 bridgehead atoms. The standard InChI is InChI=1S/C34H24ClNO4/c1-40-24-15-11-20(12-16-24)29-30(31(37)21-7-3-2-4-8-21)36-27-17-14-23(35)19-22(27)13-18-28(36)34(29)32(38)25-9-5-6-10-26(25)33(34)39/h2-19,28-30H,1H3/t28?,29-,30+/m0/s1. The Morgan fingerprint density at radius 1 is 0.850 bits per heavy atom. The Morgan fingerprint density at radius 2 is 1.50 bits per heavy atom. The molecule has 1 spiro atoms. The van der Waals surface area contributed by atoms with Gasteiger partial charge in [-0.25, -0.2) is 0 Å². The highest BCUT2D eigenvalue weighted by atomic mass is 35.5. The molecule has 5 nitrogen and oxygen atoms in total. The Bertz CT molecular complexity index is 1690. The van der Waals surface area contributed by atoms with Gasteiger partial charge in [0.05, 0.1) is 13.2 Å². The molecule has 3 aliphatic rings. The summed E-state index contributed by atoms with van der Waals surface area (Å²) in [5, 5.41) is 0.564. The monoisotopic (exact) mass is 545 g/mol. The number of Topliss-reactive ketones (excluding diaryl/α,β-unsaturated/α-hetero) is 3. The lowest BCUT2D eigenvalue weighted by atomic mass is 9.64. The highest BCUT2D eigenvalue weighted by Gasteiger charge is 2.71. The van der Waals surface area contributed by atoms with Gasteiger partial charge in [0.1, 0.15) is 17.2 Å². The van der Waals surface area contributed by atoms with Gasteiger partial charge in [0, 0.05) is 33.3 Å². The molecule has 2 heterocycles. The summed E-state index contributed by atoms with van der Waals surface area (Å²) in [6.45, 7) is 0. The minimum Gasteiger partial charge on any atom is -0.497 e. The fourth-order valence-electron chi connectivity index (χ4n) is 6.91. The number of hydrogen-bond donors (Lipinski definition) is 0. The maximum Gasteiger partial charge on any atom is 0.185 e. The number of methoxy groups -OCH3 is 1. The molecule has 1 fully saturated rings. The minimum atomic E-state index is -1.54. The summed E-state index contributed by atoms with van der Waals surface area (Å²) in [4.78, 5) is 45.8. The van der Waals surface area contributed by atoms with E-state index in [-0.39, 0.29) is 17.3 Å². The van der Waals surface area contributed by atoms with Crippen molar-refractivity contribution in [2.24, 2.45) is 5.41 Å². The summed E-state index contributed by atoms with van der Waals surface area (Å²) in [5.41, 5.74) is 2.09. The van der Waals surface area contributed by atoms with E-state index in [1.807, 2.05) is 71.6 Å². The number of ketones is 3. The van der Waals surface area contributed by atoms with Crippen LogP contribution >= 0.6 is 11.6 Å². The lowest BCUT2D eigenvalue weighted by Crippen LogP contribution is -2.48. The van der Waals surface area contributed by atoms with Crippen molar-refractivity contribution >= 4 is 40.7 Å². The molecule has 40 heavy (non-hydrogen) atoms. The van der Waals surface area contributed by atoms with Crippen LogP contribution in [0, 0.1) is 5.41 Å². The van der Waals surface area contributed by atoms with E-state index >= 15 is 0 Å². The first-order valence-electron chi connectivity index (χ1n) is 13.1. The molecule has 2 aliphatic heterocycles. The molecule has 0 aromatic heterocycles. The summed E-state index contributed by atoms with van der Waals surface area (Å²) in [7, 11) is 1.58. The van der Waals surface area contributed by atoms with Gasteiger partial charge in [-0.2, -0.15) is 0 Å². The van der Waals surface area contributed by atoms with E-state index in [4.69, 9.17) is 16.3 Å². The number of rotatable bonds is 4. The van der Waals surface area contributed by atoms with Crippen molar-refractivity contribution in [2.75, 3.05) is 12.0 Å². The Kier molecular flexibility index (Phi) is 5.55. The number of ether oxygens (including phenoxy) is 1. The summed E-state index contributed by atoms with van der Waals surface area (Å²) in [5.74, 6) is -0.791. The number of benzene rings is 4. The van der Waals surface area contributed by atoms with E-state index in [0.29, 0.717) is 27.5 Å². The van der Waals surface area contributed by atoms with Gasteiger partial charge < -0.3 is 9.64 Å². The highest BCUT2D eigenvalue weighted by Crippen LogP contribution is 2.61. The fraction of sp³-hybridized carbons (Fsp3) is 0.147. The van der Waals surface area contributed by atoms with Crippen LogP contribution in [0.3, 0.4) is 0 Å². The smallest absolute Gasteiger partial charge is 0.185 e. The van der Waals surface area contributed by atoms with Gasteiger partial charge in [-0.3, -0.25) is 14.4 Å². The molecule has 3 atom stereocenters. The van der Waals surface area contributed by atoms with Gasteiger partial charge in [0.2, 0.25) is 0 Å². The van der Waals surface area contributed by atoms with E-state index < -0.39 is 23.4 Å². The van der Waals surface area contributed by atoms with Gasteiger partial charge in [0.15, 0.2) is 17.3 Å². The van der Waals surface area contributed by atoms with Crippen LogP contribution in [0.5, 0.6) is 5.75 Å². The molecule has 6 heteroatoms. The zero-order valence-corrected chi connectivity index (χ0v) is 22.3. The van der Waals surface area contributed by atoms with Crippen molar-refractivity contribution < 1.29 is 19.1 Å². The first-order chi connectivity index (χ1) is 19.5. The second kappa shape index (κ2) is 9.04. The molecular weight excluding hydrogens is 522 g/mol. The molecule has 196 valence electrons. The predicted octanol–water partition coefficient (Wildman–Crippen LogP) is 6.66. The molecule has 4 aromatic carbocycles. The molecule has 1 aliphatic carbocycles. The molecule has 4 aromatic rings. The molecule has 1 unspecified atom stereocenters. The van der Waals surface area contributed by atoms with Crippen LogP contribution in [0.25, 0.3) is 6.08 Å². The quantitative estimate of drug-likeness (QED) is 0.212. The average molecular weight is 546 g/mol. The first kappa shape index (κ1) is 24.6. The third-order valence-corrected chi connectivity index (χ3v) is 8.80. The molecule has 7 rings (SSSR count). The third-order valence-electron chi connectivity index (χ3n) is 8.57. The fourth-order valence-corrected chi connectivity index (χ4v) is 7.09. The van der Waals surface area contributed by atoms with Crippen LogP contribution < -0.4 is 9.64 Å². The van der Waals surface area contributed by atoms with E-state index in [1.54, 1.807) is 49.6 Å². The Balaban J connectivity index is 1.54. The van der Waals surface area contributed by atoms with Gasteiger partial charge in [0.25, 0.3) is 0 Å². The molecule has 0 N–H and O–H groups in total. The van der Waals surface area contributed by atoms with Crippen molar-refractivity contribution in [1.29, 1.82) is 0 Å². The van der Waals surface area contributed by atoms with Crippen LogP contribution in [0.4, 0.5) is 5.69 Å². The summed E-state index contributed by atoms with van der Waals surface area (Å²) in [6, 6.07) is 27.4. The molecule has 1 saturated heterocycles.